The fourth-order valence-corrected chi connectivity index (χ4v) is 5.57. The fourth-order valence-electron chi connectivity index (χ4n) is 5.57. The van der Waals surface area contributed by atoms with Crippen molar-refractivity contribution in [2.24, 2.45) is 0 Å². The van der Waals surface area contributed by atoms with E-state index in [1.807, 2.05) is 30.3 Å². The third-order valence-electron chi connectivity index (χ3n) is 7.13. The number of fused-ring (bicyclic) bond motifs is 3. The highest BCUT2D eigenvalue weighted by molar-refractivity contribution is 6.01. The number of carbonyl (C=O) groups is 1. The van der Waals surface area contributed by atoms with Crippen LogP contribution in [-0.4, -0.2) is 60.2 Å². The lowest BCUT2D eigenvalue weighted by atomic mass is 9.86. The summed E-state index contributed by atoms with van der Waals surface area (Å²) in [6, 6.07) is 14.8. The number of hydrogen-bond donors (Lipinski definition) is 1. The first kappa shape index (κ1) is 21.7. The Kier molecular flexibility index (Phi) is 5.71. The van der Waals surface area contributed by atoms with Gasteiger partial charge in [0.2, 0.25) is 0 Å². The standard InChI is InChI=1S/C27H32N4O2/c1-17(2)31-25-16-30(3)12-10-21(25)22-14-19(15-23(27(22)31)24-9-11-28-29-24)26(32)13-18-5-7-20(33-4)8-6-18/h5-9,11,14-15,17,21,25H,10,12-13,16H2,1-4H3,(H,28,29). The Hall–Kier alpha value is -3.12. The summed E-state index contributed by atoms with van der Waals surface area (Å²) in [4.78, 5) is 18.4. The molecule has 0 saturated carbocycles. The second-order valence-electron chi connectivity index (χ2n) is 9.61. The molecule has 0 amide bonds. The van der Waals surface area contributed by atoms with Gasteiger partial charge in [-0.15, -0.1) is 0 Å². The van der Waals surface area contributed by atoms with E-state index in [1.54, 1.807) is 13.3 Å². The van der Waals surface area contributed by atoms with E-state index in [0.29, 0.717) is 24.4 Å². The van der Waals surface area contributed by atoms with Gasteiger partial charge >= 0.3 is 0 Å². The van der Waals surface area contributed by atoms with E-state index in [1.165, 1.54) is 11.3 Å². The summed E-state index contributed by atoms with van der Waals surface area (Å²) in [6.07, 6.45) is 3.26. The predicted octanol–water partition coefficient (Wildman–Crippen LogP) is 4.53. The molecule has 6 heteroatoms. The smallest absolute Gasteiger partial charge is 0.167 e. The molecule has 1 saturated heterocycles. The Bertz CT molecular complexity index is 1140. The van der Waals surface area contributed by atoms with E-state index in [2.05, 4.69) is 53.0 Å². The van der Waals surface area contributed by atoms with Crippen molar-refractivity contribution >= 4 is 11.5 Å². The zero-order valence-electron chi connectivity index (χ0n) is 19.8. The van der Waals surface area contributed by atoms with Crippen LogP contribution in [0, 0.1) is 0 Å². The summed E-state index contributed by atoms with van der Waals surface area (Å²) >= 11 is 0. The minimum atomic E-state index is 0.135. The van der Waals surface area contributed by atoms with Crippen LogP contribution in [0.25, 0.3) is 11.3 Å². The van der Waals surface area contributed by atoms with Crippen LogP contribution in [-0.2, 0) is 6.42 Å². The van der Waals surface area contributed by atoms with Gasteiger partial charge in [0, 0.05) is 48.3 Å². The van der Waals surface area contributed by atoms with Crippen LogP contribution in [0.2, 0.25) is 0 Å². The van der Waals surface area contributed by atoms with Crippen LogP contribution in [0.15, 0.2) is 48.7 Å². The lowest BCUT2D eigenvalue weighted by Crippen LogP contribution is -2.49. The first-order valence-electron chi connectivity index (χ1n) is 11.8. The lowest BCUT2D eigenvalue weighted by Gasteiger charge is -2.40. The van der Waals surface area contributed by atoms with Crippen molar-refractivity contribution < 1.29 is 9.53 Å². The van der Waals surface area contributed by atoms with Crippen molar-refractivity contribution in [3.05, 3.63) is 65.4 Å². The van der Waals surface area contributed by atoms with E-state index in [9.17, 15) is 4.79 Å². The molecule has 2 atom stereocenters. The number of likely N-dealkylation sites (N-methyl/N-ethyl adjacent to an activating group) is 1. The SMILES string of the molecule is COc1ccc(CC(=O)c2cc(-c3ccn[nH]3)c3c(c2)C2CCN(C)CC2N3C(C)C)cc1. The number of ether oxygens (including phenoxy) is 1. The number of methoxy groups -OCH3 is 1. The number of H-pyrrole nitrogens is 1. The number of anilines is 1. The van der Waals surface area contributed by atoms with Crippen LogP contribution >= 0.6 is 0 Å². The van der Waals surface area contributed by atoms with Gasteiger partial charge in [0.1, 0.15) is 5.75 Å². The molecule has 1 fully saturated rings. The number of benzene rings is 2. The minimum Gasteiger partial charge on any atom is -0.497 e. The van der Waals surface area contributed by atoms with E-state index in [0.717, 1.165) is 47.6 Å². The quantitative estimate of drug-likeness (QED) is 0.566. The second kappa shape index (κ2) is 8.67. The summed E-state index contributed by atoms with van der Waals surface area (Å²) < 4.78 is 5.25. The third kappa shape index (κ3) is 3.93. The largest absolute Gasteiger partial charge is 0.497 e. The molecule has 5 rings (SSSR count). The fraction of sp³-hybridized carbons (Fsp3) is 0.407. The summed E-state index contributed by atoms with van der Waals surface area (Å²) in [7, 11) is 3.86. The topological polar surface area (TPSA) is 61.5 Å². The maximum absolute atomic E-state index is 13.4. The number of ketones is 1. The summed E-state index contributed by atoms with van der Waals surface area (Å²) in [6.45, 7) is 6.64. The second-order valence-corrected chi connectivity index (χ2v) is 9.61. The lowest BCUT2D eigenvalue weighted by molar-refractivity contribution is 0.0993. The highest BCUT2D eigenvalue weighted by Crippen LogP contribution is 2.50. The van der Waals surface area contributed by atoms with Crippen molar-refractivity contribution in [3.8, 4) is 17.0 Å². The highest BCUT2D eigenvalue weighted by Gasteiger charge is 2.44. The highest BCUT2D eigenvalue weighted by atomic mass is 16.5. The number of aromatic nitrogens is 2. The van der Waals surface area contributed by atoms with Gasteiger partial charge in [0.25, 0.3) is 0 Å². The first-order chi connectivity index (χ1) is 16.0. The first-order valence-corrected chi connectivity index (χ1v) is 11.8. The average Bonchev–Trinajstić information content (AvgIpc) is 3.45. The summed E-state index contributed by atoms with van der Waals surface area (Å²) in [5.41, 5.74) is 6.38. The number of hydrogen-bond acceptors (Lipinski definition) is 5. The van der Waals surface area contributed by atoms with Crippen molar-refractivity contribution in [1.29, 1.82) is 0 Å². The molecule has 2 aliphatic heterocycles. The molecule has 6 nitrogen and oxygen atoms in total. The van der Waals surface area contributed by atoms with Crippen molar-refractivity contribution in [1.82, 2.24) is 15.1 Å². The van der Waals surface area contributed by atoms with Gasteiger partial charge in [-0.2, -0.15) is 5.10 Å². The normalized spacial score (nSPS) is 20.1. The van der Waals surface area contributed by atoms with Gasteiger partial charge in [0.05, 0.1) is 18.5 Å². The van der Waals surface area contributed by atoms with E-state index in [4.69, 9.17) is 4.74 Å². The van der Waals surface area contributed by atoms with Gasteiger partial charge in [-0.3, -0.25) is 9.89 Å². The molecule has 172 valence electrons. The molecular weight excluding hydrogens is 412 g/mol. The van der Waals surface area contributed by atoms with E-state index in [-0.39, 0.29) is 5.78 Å². The number of aromatic amines is 1. The molecule has 3 aromatic rings. The Morgan fingerprint density at radius 3 is 2.67 bits per heavy atom. The Morgan fingerprint density at radius 2 is 2.00 bits per heavy atom. The van der Waals surface area contributed by atoms with Gasteiger partial charge in [-0.25, -0.2) is 0 Å². The monoisotopic (exact) mass is 444 g/mol. The van der Waals surface area contributed by atoms with Gasteiger partial charge in [-0.05, 0) is 75.3 Å². The molecule has 0 radical (unpaired) electrons. The third-order valence-corrected chi connectivity index (χ3v) is 7.13. The number of nitrogens with zero attached hydrogens (tertiary/aromatic N) is 3. The Balaban J connectivity index is 1.58. The number of piperidine rings is 1. The average molecular weight is 445 g/mol. The molecule has 33 heavy (non-hydrogen) atoms. The van der Waals surface area contributed by atoms with Crippen LogP contribution < -0.4 is 9.64 Å². The molecule has 1 N–H and O–H groups in total. The van der Waals surface area contributed by atoms with Gasteiger partial charge < -0.3 is 14.5 Å². The maximum Gasteiger partial charge on any atom is 0.167 e. The summed E-state index contributed by atoms with van der Waals surface area (Å²) in [5.74, 6) is 1.37. The Morgan fingerprint density at radius 1 is 1.21 bits per heavy atom. The zero-order chi connectivity index (χ0) is 23.1. The van der Waals surface area contributed by atoms with E-state index >= 15 is 0 Å². The van der Waals surface area contributed by atoms with Gasteiger partial charge in [-0.1, -0.05) is 12.1 Å². The molecule has 2 aliphatic rings. The van der Waals surface area contributed by atoms with Gasteiger partial charge in [0.15, 0.2) is 5.78 Å². The van der Waals surface area contributed by atoms with Crippen molar-refractivity contribution in [3.63, 3.8) is 0 Å². The van der Waals surface area contributed by atoms with Crippen molar-refractivity contribution in [2.75, 3.05) is 32.1 Å². The summed E-state index contributed by atoms with van der Waals surface area (Å²) in [5, 5.41) is 7.36. The molecular formula is C27H32N4O2. The maximum atomic E-state index is 13.4. The molecule has 2 unspecified atom stereocenters. The molecule has 0 aliphatic carbocycles. The number of likely N-dealkylation sites (tertiary alicyclic amines) is 1. The molecule has 3 heterocycles. The number of carbonyl (C=O) groups excluding carboxylic acids is 1. The Labute approximate surface area is 195 Å². The van der Waals surface area contributed by atoms with Crippen LogP contribution in [0.4, 0.5) is 5.69 Å². The van der Waals surface area contributed by atoms with Crippen LogP contribution in [0.5, 0.6) is 5.75 Å². The number of nitrogens with one attached hydrogen (secondary N) is 1. The number of Topliss-reactive ketones (excluding diaryl/α,β-unsaturated/α-hetero) is 1. The van der Waals surface area contributed by atoms with Crippen LogP contribution in [0.1, 0.15) is 47.7 Å². The minimum absolute atomic E-state index is 0.135. The predicted molar refractivity (Wildman–Crippen MR) is 131 cm³/mol. The molecule has 0 bridgehead atoms. The molecule has 2 aromatic carbocycles. The number of rotatable bonds is 6. The van der Waals surface area contributed by atoms with Crippen LogP contribution in [0.3, 0.4) is 0 Å². The van der Waals surface area contributed by atoms with E-state index < -0.39 is 0 Å². The van der Waals surface area contributed by atoms with Crippen molar-refractivity contribution in [2.45, 2.75) is 44.7 Å². The molecule has 0 spiro atoms. The zero-order valence-corrected chi connectivity index (χ0v) is 19.8. The molecule has 1 aromatic heterocycles.